The van der Waals surface area contributed by atoms with Crippen molar-refractivity contribution in [2.45, 2.75) is 0 Å². The van der Waals surface area contributed by atoms with Gasteiger partial charge in [-0.3, -0.25) is 4.99 Å². The van der Waals surface area contributed by atoms with Gasteiger partial charge >= 0.3 is 0 Å². The number of hydrogen-bond acceptors (Lipinski definition) is 3. The van der Waals surface area contributed by atoms with Crippen LogP contribution in [0.5, 0.6) is 0 Å². The molecule has 0 spiro atoms. The number of rotatable bonds is 2. The van der Waals surface area contributed by atoms with Gasteiger partial charge in [-0.1, -0.05) is 0 Å². The molecule has 0 amide bonds. The highest BCUT2D eigenvalue weighted by Crippen LogP contribution is 1.63. The van der Waals surface area contributed by atoms with Gasteiger partial charge in [-0.25, -0.2) is 0 Å². The van der Waals surface area contributed by atoms with Gasteiger partial charge in [-0.15, -0.1) is 0 Å². The Morgan fingerprint density at radius 2 is 2.40 bits per heavy atom. The molecule has 10 heavy (non-hydrogen) atoms. The third-order valence-electron chi connectivity index (χ3n) is 0.805. The summed E-state index contributed by atoms with van der Waals surface area (Å²) >= 11 is 0. The molecule has 0 atom stereocenters. The van der Waals surface area contributed by atoms with Gasteiger partial charge in [0.1, 0.15) is 13.3 Å². The van der Waals surface area contributed by atoms with Crippen LogP contribution in [0.2, 0.25) is 0 Å². The van der Waals surface area contributed by atoms with E-state index in [9.17, 15) is 0 Å². The van der Waals surface area contributed by atoms with Gasteiger partial charge < -0.3 is 15.7 Å². The van der Waals surface area contributed by atoms with Crippen LogP contribution in [-0.4, -0.2) is 31.4 Å². The lowest BCUT2D eigenvalue weighted by molar-refractivity contribution is 0.284. The Kier molecular flexibility index (Phi) is 5.10. The number of hydrogen-bond donors (Lipinski definition) is 3. The van der Waals surface area contributed by atoms with Crippen molar-refractivity contribution in [3.63, 3.8) is 0 Å². The summed E-state index contributed by atoms with van der Waals surface area (Å²) in [6, 6.07) is 1.88. The van der Waals surface area contributed by atoms with Crippen molar-refractivity contribution in [2.75, 3.05) is 20.3 Å². The second-order valence-corrected chi connectivity index (χ2v) is 1.42. The molecule has 5 nitrogen and oxygen atoms in total. The van der Waals surface area contributed by atoms with Gasteiger partial charge in [-0.2, -0.15) is 5.26 Å². The first-order valence-corrected chi connectivity index (χ1v) is 2.77. The lowest BCUT2D eigenvalue weighted by Crippen LogP contribution is -2.37. The van der Waals surface area contributed by atoms with Crippen LogP contribution >= 0.6 is 0 Å². The molecular formula is C5H10N4O. The van der Waals surface area contributed by atoms with Gasteiger partial charge in [0.25, 0.3) is 0 Å². The number of nitrogens with one attached hydrogen (secondary N) is 2. The summed E-state index contributed by atoms with van der Waals surface area (Å²) in [5, 5.41) is 21.6. The zero-order valence-electron chi connectivity index (χ0n) is 5.76. The molecule has 0 aliphatic rings. The third kappa shape index (κ3) is 3.69. The van der Waals surface area contributed by atoms with Crippen LogP contribution in [-0.2, 0) is 0 Å². The molecule has 0 aromatic rings. The summed E-state index contributed by atoms with van der Waals surface area (Å²) in [5.41, 5.74) is 0. The van der Waals surface area contributed by atoms with Gasteiger partial charge in [0.2, 0.25) is 0 Å². The first kappa shape index (κ1) is 8.72. The molecule has 0 unspecified atom stereocenters. The Morgan fingerprint density at radius 3 is 2.80 bits per heavy atom. The van der Waals surface area contributed by atoms with E-state index in [4.69, 9.17) is 10.4 Å². The van der Waals surface area contributed by atoms with E-state index < -0.39 is 0 Å². The lowest BCUT2D eigenvalue weighted by Gasteiger charge is -2.04. The van der Waals surface area contributed by atoms with Crippen LogP contribution in [0.3, 0.4) is 0 Å². The van der Waals surface area contributed by atoms with E-state index in [1.807, 2.05) is 6.07 Å². The normalized spacial score (nSPS) is 10.3. The zero-order valence-corrected chi connectivity index (χ0v) is 5.76. The van der Waals surface area contributed by atoms with E-state index in [2.05, 4.69) is 15.6 Å². The van der Waals surface area contributed by atoms with Gasteiger partial charge in [0.15, 0.2) is 5.96 Å². The Morgan fingerprint density at radius 1 is 1.70 bits per heavy atom. The van der Waals surface area contributed by atoms with Crippen molar-refractivity contribution in [3.8, 4) is 6.07 Å². The number of aliphatic hydroxyl groups excluding tert-OH is 1. The molecular weight excluding hydrogens is 132 g/mol. The monoisotopic (exact) mass is 142 g/mol. The number of nitrogens with zero attached hydrogens (tertiary/aromatic N) is 2. The molecule has 0 rings (SSSR count). The maximum absolute atomic E-state index is 8.35. The summed E-state index contributed by atoms with van der Waals surface area (Å²) in [7, 11) is 1.56. The Balaban J connectivity index is 3.54. The van der Waals surface area contributed by atoms with Gasteiger partial charge in [0.05, 0.1) is 6.07 Å². The van der Waals surface area contributed by atoms with Crippen LogP contribution in [0, 0.1) is 11.3 Å². The first-order valence-electron chi connectivity index (χ1n) is 2.77. The fraction of sp³-hybridized carbons (Fsp3) is 0.600. The van der Waals surface area contributed by atoms with Crippen molar-refractivity contribution in [2.24, 2.45) is 4.99 Å². The Hall–Kier alpha value is -1.28. The Bertz CT molecular complexity index is 148. The van der Waals surface area contributed by atoms with Crippen molar-refractivity contribution in [3.05, 3.63) is 0 Å². The second kappa shape index (κ2) is 5.85. The third-order valence-corrected chi connectivity index (χ3v) is 0.805. The SMILES string of the molecule is CN=C(NCO)NCC#N. The summed E-state index contributed by atoms with van der Waals surface area (Å²) < 4.78 is 0. The molecule has 0 saturated carbocycles. The van der Waals surface area contributed by atoms with E-state index in [0.717, 1.165) is 0 Å². The molecule has 0 aliphatic heterocycles. The fourth-order valence-corrected chi connectivity index (χ4v) is 0.419. The van der Waals surface area contributed by atoms with E-state index in [-0.39, 0.29) is 13.3 Å². The van der Waals surface area contributed by atoms with Crippen LogP contribution in [0.15, 0.2) is 4.99 Å². The summed E-state index contributed by atoms with van der Waals surface area (Å²) in [6.45, 7) is -0.00915. The minimum atomic E-state index is -0.189. The number of nitriles is 1. The highest BCUT2D eigenvalue weighted by molar-refractivity contribution is 5.79. The molecule has 0 bridgehead atoms. The number of guanidine groups is 1. The molecule has 56 valence electrons. The van der Waals surface area contributed by atoms with Crippen molar-refractivity contribution >= 4 is 5.96 Å². The molecule has 0 heterocycles. The molecule has 0 radical (unpaired) electrons. The van der Waals surface area contributed by atoms with Crippen molar-refractivity contribution in [1.82, 2.24) is 10.6 Å². The molecule has 0 aromatic heterocycles. The zero-order chi connectivity index (χ0) is 7.82. The predicted molar refractivity (Wildman–Crippen MR) is 37.2 cm³/mol. The van der Waals surface area contributed by atoms with Crippen LogP contribution in [0.25, 0.3) is 0 Å². The van der Waals surface area contributed by atoms with Crippen molar-refractivity contribution in [1.29, 1.82) is 5.26 Å². The van der Waals surface area contributed by atoms with Gasteiger partial charge in [0, 0.05) is 7.05 Å². The van der Waals surface area contributed by atoms with Crippen LogP contribution in [0.1, 0.15) is 0 Å². The fourth-order valence-electron chi connectivity index (χ4n) is 0.419. The summed E-state index contributed by atoms with van der Waals surface area (Å²) in [4.78, 5) is 3.70. The first-order chi connectivity index (χ1) is 4.85. The maximum atomic E-state index is 8.35. The lowest BCUT2D eigenvalue weighted by atomic mass is 10.7. The Labute approximate surface area is 59.4 Å². The van der Waals surface area contributed by atoms with E-state index >= 15 is 0 Å². The topological polar surface area (TPSA) is 80.4 Å². The molecule has 0 aliphatic carbocycles. The number of aliphatic hydroxyl groups is 1. The van der Waals surface area contributed by atoms with Crippen molar-refractivity contribution < 1.29 is 5.11 Å². The quantitative estimate of drug-likeness (QED) is 0.192. The number of aliphatic imine (C=N–C) groups is 1. The van der Waals surface area contributed by atoms with E-state index in [1.165, 1.54) is 0 Å². The summed E-state index contributed by atoms with van der Waals surface area (Å²) in [5.74, 6) is 0.420. The van der Waals surface area contributed by atoms with Crippen LogP contribution in [0.4, 0.5) is 0 Å². The van der Waals surface area contributed by atoms with E-state index in [0.29, 0.717) is 5.96 Å². The molecule has 0 aromatic carbocycles. The standard InChI is InChI=1S/C5H10N4O/c1-7-5(9-4-10)8-3-2-6/h10H,3-4H2,1H3,(H2,7,8,9). The highest BCUT2D eigenvalue weighted by atomic mass is 16.3. The van der Waals surface area contributed by atoms with Gasteiger partial charge in [-0.05, 0) is 0 Å². The minimum Gasteiger partial charge on any atom is -0.376 e. The molecule has 3 N–H and O–H groups in total. The minimum absolute atomic E-state index is 0.180. The van der Waals surface area contributed by atoms with E-state index in [1.54, 1.807) is 7.05 Å². The smallest absolute Gasteiger partial charge is 0.193 e. The maximum Gasteiger partial charge on any atom is 0.193 e. The second-order valence-electron chi connectivity index (χ2n) is 1.42. The average molecular weight is 142 g/mol. The predicted octanol–water partition coefficient (Wildman–Crippen LogP) is -1.38. The molecule has 5 heteroatoms. The highest BCUT2D eigenvalue weighted by Gasteiger charge is 1.90. The van der Waals surface area contributed by atoms with Crippen LogP contribution < -0.4 is 10.6 Å². The molecule has 0 saturated heterocycles. The average Bonchev–Trinajstić information content (AvgIpc) is 1.98. The molecule has 0 fully saturated rings. The summed E-state index contributed by atoms with van der Waals surface area (Å²) in [6.07, 6.45) is 0. The largest absolute Gasteiger partial charge is 0.376 e.